The molecular formula is C30H42N2O8. The van der Waals surface area contributed by atoms with Crippen LogP contribution >= 0.6 is 0 Å². The number of nitrogens with one attached hydrogen (secondary N) is 1. The van der Waals surface area contributed by atoms with Gasteiger partial charge in [0.2, 0.25) is 5.91 Å². The number of amides is 2. The molecule has 2 aliphatic heterocycles. The summed E-state index contributed by atoms with van der Waals surface area (Å²) in [7, 11) is 0. The first-order valence-corrected chi connectivity index (χ1v) is 14.2. The lowest BCUT2D eigenvalue weighted by atomic mass is 9.82. The van der Waals surface area contributed by atoms with E-state index in [4.69, 9.17) is 23.7 Å². The maximum atomic E-state index is 13.1. The van der Waals surface area contributed by atoms with Gasteiger partial charge in [-0.25, -0.2) is 9.59 Å². The molecule has 1 spiro atoms. The number of hydrogen-bond acceptors (Lipinski definition) is 8. The van der Waals surface area contributed by atoms with E-state index in [-0.39, 0.29) is 31.3 Å². The number of ether oxygens (including phenoxy) is 5. The van der Waals surface area contributed by atoms with Gasteiger partial charge in [-0.3, -0.25) is 4.79 Å². The molecule has 2 heterocycles. The minimum atomic E-state index is -0.684. The summed E-state index contributed by atoms with van der Waals surface area (Å²) in [6, 6.07) is 7.48. The summed E-state index contributed by atoms with van der Waals surface area (Å²) in [4.78, 5) is 38.6. The van der Waals surface area contributed by atoms with E-state index in [9.17, 15) is 14.4 Å². The SMILES string of the molecule is CCOC(=O)C=COc1ccccc1C1CCC(OC[C@@H]2N(C(=O)OC(C)(C)C)CC[C@@]23COCC(=O)N3)CC1. The van der Waals surface area contributed by atoms with Crippen LogP contribution in [0, 0.1) is 0 Å². The summed E-state index contributed by atoms with van der Waals surface area (Å²) in [5.74, 6) is 0.405. The summed E-state index contributed by atoms with van der Waals surface area (Å²) in [5, 5.41) is 3.10. The normalized spacial score (nSPS) is 27.1. The van der Waals surface area contributed by atoms with Crippen molar-refractivity contribution in [3.05, 3.63) is 42.2 Å². The number of benzene rings is 1. The molecular weight excluding hydrogens is 516 g/mol. The number of likely N-dealkylation sites (tertiary alicyclic amines) is 1. The molecule has 10 nitrogen and oxygen atoms in total. The number of hydrogen-bond donors (Lipinski definition) is 1. The van der Waals surface area contributed by atoms with Crippen molar-refractivity contribution in [2.24, 2.45) is 0 Å². The Hall–Kier alpha value is -3.11. The molecule has 3 fully saturated rings. The third-order valence-corrected chi connectivity index (χ3v) is 7.63. The van der Waals surface area contributed by atoms with Crippen molar-refractivity contribution < 1.29 is 38.1 Å². The van der Waals surface area contributed by atoms with Gasteiger partial charge in [0.05, 0.1) is 49.8 Å². The van der Waals surface area contributed by atoms with Crippen molar-refractivity contribution in [2.75, 3.05) is 33.0 Å². The minimum Gasteiger partial charge on any atom is -0.464 e. The van der Waals surface area contributed by atoms with E-state index in [1.807, 2.05) is 39.0 Å². The average molecular weight is 559 g/mol. The molecule has 1 aromatic carbocycles. The molecule has 2 atom stereocenters. The second kappa shape index (κ2) is 13.0. The zero-order valence-electron chi connectivity index (χ0n) is 24.0. The van der Waals surface area contributed by atoms with Crippen LogP contribution in [0.2, 0.25) is 0 Å². The zero-order valence-corrected chi connectivity index (χ0v) is 24.0. The Labute approximate surface area is 236 Å². The Kier molecular flexibility index (Phi) is 9.73. The number of nitrogens with zero attached hydrogens (tertiary/aromatic N) is 1. The van der Waals surface area contributed by atoms with Crippen LogP contribution in [0.15, 0.2) is 36.6 Å². The lowest BCUT2D eigenvalue weighted by Crippen LogP contribution is -2.65. The molecule has 2 saturated heterocycles. The molecule has 0 unspecified atom stereocenters. The number of carbonyl (C=O) groups is 3. The summed E-state index contributed by atoms with van der Waals surface area (Å²) in [6.45, 7) is 8.69. The van der Waals surface area contributed by atoms with Crippen LogP contribution in [0.4, 0.5) is 4.79 Å². The highest BCUT2D eigenvalue weighted by atomic mass is 16.6. The van der Waals surface area contributed by atoms with Crippen molar-refractivity contribution >= 4 is 18.0 Å². The number of carbonyl (C=O) groups excluding carboxylic acids is 3. The largest absolute Gasteiger partial charge is 0.464 e. The average Bonchev–Trinajstić information content (AvgIpc) is 3.24. The molecule has 10 heteroatoms. The molecule has 3 aliphatic rings. The predicted octanol–water partition coefficient (Wildman–Crippen LogP) is 4.08. The predicted molar refractivity (Wildman–Crippen MR) is 147 cm³/mol. The minimum absolute atomic E-state index is 0.0234. The third kappa shape index (κ3) is 7.54. The van der Waals surface area contributed by atoms with E-state index in [0.29, 0.717) is 32.1 Å². The maximum Gasteiger partial charge on any atom is 0.410 e. The second-order valence-electron chi connectivity index (χ2n) is 11.7. The summed E-state index contributed by atoms with van der Waals surface area (Å²) < 4.78 is 28.4. The lowest BCUT2D eigenvalue weighted by molar-refractivity contribution is -0.138. The van der Waals surface area contributed by atoms with E-state index in [0.717, 1.165) is 37.0 Å². The number of rotatable bonds is 8. The number of para-hydroxylation sites is 1. The molecule has 1 aromatic rings. The molecule has 220 valence electrons. The summed E-state index contributed by atoms with van der Waals surface area (Å²) in [5.41, 5.74) is -0.212. The van der Waals surface area contributed by atoms with Gasteiger partial charge in [0, 0.05) is 6.54 Å². The van der Waals surface area contributed by atoms with E-state index < -0.39 is 23.2 Å². The Morgan fingerprint density at radius 3 is 2.62 bits per heavy atom. The van der Waals surface area contributed by atoms with Crippen LogP contribution in [-0.4, -0.2) is 79.1 Å². The van der Waals surface area contributed by atoms with Crippen molar-refractivity contribution in [1.29, 1.82) is 0 Å². The van der Waals surface area contributed by atoms with Gasteiger partial charge in [-0.2, -0.15) is 0 Å². The van der Waals surface area contributed by atoms with Gasteiger partial charge in [0.1, 0.15) is 18.0 Å². The highest BCUT2D eigenvalue weighted by Crippen LogP contribution is 2.39. The number of morpholine rings is 1. The summed E-state index contributed by atoms with van der Waals surface area (Å²) >= 11 is 0. The first-order chi connectivity index (χ1) is 19.1. The van der Waals surface area contributed by atoms with Crippen LogP contribution in [0.3, 0.4) is 0 Å². The first-order valence-electron chi connectivity index (χ1n) is 14.2. The molecule has 1 aliphatic carbocycles. The Morgan fingerprint density at radius 2 is 1.93 bits per heavy atom. The van der Waals surface area contributed by atoms with Crippen LogP contribution < -0.4 is 10.1 Å². The fourth-order valence-electron chi connectivity index (χ4n) is 5.77. The molecule has 40 heavy (non-hydrogen) atoms. The van der Waals surface area contributed by atoms with Crippen LogP contribution in [-0.2, 0) is 28.5 Å². The maximum absolute atomic E-state index is 13.1. The van der Waals surface area contributed by atoms with Gasteiger partial charge < -0.3 is 33.9 Å². The zero-order chi connectivity index (χ0) is 28.8. The molecule has 0 aromatic heterocycles. The standard InChI is InChI=1S/C30H42N2O8/c1-5-37-27(34)14-17-38-24-9-7-6-8-23(24)21-10-12-22(13-11-21)39-18-25-30(20-36-19-26(33)31-30)15-16-32(25)28(35)40-29(2,3)4/h6-9,14,17,21-22,25H,5,10-13,15-16,18-20H2,1-4H3,(H,31,33)/t21?,22?,25-,30+/m0/s1. The molecule has 4 rings (SSSR count). The number of esters is 1. The first kappa shape index (κ1) is 29.9. The molecule has 1 N–H and O–H groups in total. The van der Waals surface area contributed by atoms with Gasteiger partial charge in [-0.15, -0.1) is 0 Å². The lowest BCUT2D eigenvalue weighted by Gasteiger charge is -2.41. The van der Waals surface area contributed by atoms with Gasteiger partial charge >= 0.3 is 12.1 Å². The van der Waals surface area contributed by atoms with E-state index >= 15 is 0 Å². The van der Waals surface area contributed by atoms with Gasteiger partial charge in [0.15, 0.2) is 0 Å². The van der Waals surface area contributed by atoms with Gasteiger partial charge in [0.25, 0.3) is 0 Å². The Bertz CT molecular complexity index is 1080. The third-order valence-electron chi connectivity index (χ3n) is 7.63. The van der Waals surface area contributed by atoms with E-state index in [2.05, 4.69) is 11.4 Å². The Morgan fingerprint density at radius 1 is 1.18 bits per heavy atom. The molecule has 1 saturated carbocycles. The molecule has 0 bridgehead atoms. The fraction of sp³-hybridized carbons (Fsp3) is 0.633. The van der Waals surface area contributed by atoms with Crippen molar-refractivity contribution in [2.45, 2.75) is 89.0 Å². The van der Waals surface area contributed by atoms with Crippen molar-refractivity contribution in [3.63, 3.8) is 0 Å². The highest BCUT2D eigenvalue weighted by Gasteiger charge is 2.53. The topological polar surface area (TPSA) is 113 Å². The quantitative estimate of drug-likeness (QED) is 0.289. The Balaban J connectivity index is 1.36. The molecule has 2 amide bonds. The fourth-order valence-corrected chi connectivity index (χ4v) is 5.77. The summed E-state index contributed by atoms with van der Waals surface area (Å²) in [6.07, 6.45) is 6.39. The smallest absolute Gasteiger partial charge is 0.410 e. The van der Waals surface area contributed by atoms with Crippen LogP contribution in [0.1, 0.15) is 71.3 Å². The molecule has 0 radical (unpaired) electrons. The van der Waals surface area contributed by atoms with Gasteiger partial charge in [-0.05, 0) is 77.3 Å². The van der Waals surface area contributed by atoms with Crippen LogP contribution in [0.5, 0.6) is 5.75 Å². The van der Waals surface area contributed by atoms with Gasteiger partial charge in [-0.1, -0.05) is 18.2 Å². The monoisotopic (exact) mass is 558 g/mol. The van der Waals surface area contributed by atoms with Crippen LogP contribution in [0.25, 0.3) is 0 Å². The van der Waals surface area contributed by atoms with Crippen molar-refractivity contribution in [1.82, 2.24) is 10.2 Å². The van der Waals surface area contributed by atoms with E-state index in [1.54, 1.807) is 11.8 Å². The van der Waals surface area contributed by atoms with E-state index in [1.165, 1.54) is 12.3 Å². The second-order valence-corrected chi connectivity index (χ2v) is 11.7. The van der Waals surface area contributed by atoms with Crippen molar-refractivity contribution in [3.8, 4) is 5.75 Å². The highest BCUT2D eigenvalue weighted by molar-refractivity contribution is 5.81.